The minimum Gasteiger partial charge on any atom is -0.398 e. The van der Waals surface area contributed by atoms with E-state index in [1.165, 1.54) is 11.3 Å². The predicted molar refractivity (Wildman–Crippen MR) is 51.2 cm³/mol. The van der Waals surface area contributed by atoms with Crippen LogP contribution in [0.1, 0.15) is 0 Å². The highest BCUT2D eigenvalue weighted by Gasteiger charge is 2.00. The minimum atomic E-state index is 0.790. The second-order valence-electron chi connectivity index (χ2n) is 2.32. The molecular formula is C8H6ClNS. The summed E-state index contributed by atoms with van der Waals surface area (Å²) >= 11 is 7.34. The van der Waals surface area contributed by atoms with Crippen LogP contribution in [0, 0.1) is 0 Å². The Morgan fingerprint density at radius 2 is 2.18 bits per heavy atom. The molecule has 0 radical (unpaired) electrons. The summed E-state index contributed by atoms with van der Waals surface area (Å²) < 4.78 is 1.87. The average Bonchev–Trinajstić information content (AvgIpc) is 2.31. The van der Waals surface area contributed by atoms with Crippen LogP contribution in [-0.2, 0) is 0 Å². The molecule has 3 heteroatoms. The molecule has 0 aliphatic heterocycles. The smallest absolute Gasteiger partial charge is 0.0941 e. The van der Waals surface area contributed by atoms with Gasteiger partial charge in [-0.1, -0.05) is 23.7 Å². The second-order valence-corrected chi connectivity index (χ2v) is 4.00. The fourth-order valence-electron chi connectivity index (χ4n) is 1.05. The SMILES string of the molecule is Nc1cccc2cc(Cl)sc12. The van der Waals surface area contributed by atoms with Crippen molar-refractivity contribution < 1.29 is 0 Å². The largest absolute Gasteiger partial charge is 0.398 e. The Bertz CT molecular complexity index is 394. The van der Waals surface area contributed by atoms with Crippen molar-refractivity contribution in [2.45, 2.75) is 0 Å². The van der Waals surface area contributed by atoms with Gasteiger partial charge in [-0.2, -0.15) is 0 Å². The van der Waals surface area contributed by atoms with Crippen LogP contribution in [0.25, 0.3) is 10.1 Å². The van der Waals surface area contributed by atoms with Gasteiger partial charge in [-0.25, -0.2) is 0 Å². The van der Waals surface area contributed by atoms with Crippen LogP contribution in [-0.4, -0.2) is 0 Å². The van der Waals surface area contributed by atoms with Gasteiger partial charge in [-0.15, -0.1) is 11.3 Å². The lowest BCUT2D eigenvalue weighted by atomic mass is 10.2. The third kappa shape index (κ3) is 1.08. The van der Waals surface area contributed by atoms with E-state index in [4.69, 9.17) is 17.3 Å². The molecule has 1 heterocycles. The highest BCUT2D eigenvalue weighted by atomic mass is 35.5. The summed E-state index contributed by atoms with van der Waals surface area (Å²) in [5.41, 5.74) is 6.53. The van der Waals surface area contributed by atoms with Gasteiger partial charge in [0, 0.05) is 5.69 Å². The van der Waals surface area contributed by atoms with Crippen molar-refractivity contribution in [3.63, 3.8) is 0 Å². The van der Waals surface area contributed by atoms with Crippen molar-refractivity contribution in [3.8, 4) is 0 Å². The summed E-state index contributed by atoms with van der Waals surface area (Å²) in [5, 5.41) is 1.13. The molecule has 0 aliphatic rings. The highest BCUT2D eigenvalue weighted by molar-refractivity contribution is 7.23. The summed E-state index contributed by atoms with van der Waals surface area (Å²) in [4.78, 5) is 0. The first kappa shape index (κ1) is 6.95. The van der Waals surface area contributed by atoms with E-state index in [1.54, 1.807) is 0 Å². The second kappa shape index (κ2) is 2.40. The molecule has 1 nitrogen and oxygen atoms in total. The van der Waals surface area contributed by atoms with E-state index < -0.39 is 0 Å². The van der Waals surface area contributed by atoms with Gasteiger partial charge in [0.2, 0.25) is 0 Å². The molecule has 0 aliphatic carbocycles. The number of hydrogen-bond donors (Lipinski definition) is 1. The average molecular weight is 184 g/mol. The van der Waals surface area contributed by atoms with Gasteiger partial charge in [0.1, 0.15) is 0 Å². The van der Waals surface area contributed by atoms with Crippen LogP contribution >= 0.6 is 22.9 Å². The zero-order valence-electron chi connectivity index (χ0n) is 5.67. The lowest BCUT2D eigenvalue weighted by Gasteiger charge is -1.91. The summed E-state index contributed by atoms with van der Waals surface area (Å²) in [7, 11) is 0. The molecule has 2 rings (SSSR count). The van der Waals surface area contributed by atoms with Gasteiger partial charge >= 0.3 is 0 Å². The number of fused-ring (bicyclic) bond motifs is 1. The summed E-state index contributed by atoms with van der Waals surface area (Å²) in [6.45, 7) is 0. The summed E-state index contributed by atoms with van der Waals surface area (Å²) in [5.74, 6) is 0. The molecule has 0 atom stereocenters. The van der Waals surface area contributed by atoms with E-state index in [0.29, 0.717) is 0 Å². The maximum absolute atomic E-state index is 5.82. The Hall–Kier alpha value is -0.730. The maximum atomic E-state index is 5.82. The molecular weight excluding hydrogens is 178 g/mol. The Labute approximate surface area is 73.4 Å². The molecule has 2 aromatic rings. The van der Waals surface area contributed by atoms with Crippen LogP contribution in [0.5, 0.6) is 0 Å². The Morgan fingerprint density at radius 1 is 1.36 bits per heavy atom. The topological polar surface area (TPSA) is 26.0 Å². The van der Waals surface area contributed by atoms with Crippen LogP contribution < -0.4 is 5.73 Å². The summed E-state index contributed by atoms with van der Waals surface area (Å²) in [6, 6.07) is 7.75. The molecule has 1 aromatic heterocycles. The fourth-order valence-corrected chi connectivity index (χ4v) is 2.21. The van der Waals surface area contributed by atoms with E-state index in [2.05, 4.69) is 0 Å². The number of hydrogen-bond acceptors (Lipinski definition) is 2. The number of nitrogen functional groups attached to an aromatic ring is 1. The first-order valence-electron chi connectivity index (χ1n) is 3.21. The van der Waals surface area contributed by atoms with Gasteiger partial charge in [0.05, 0.1) is 9.04 Å². The van der Waals surface area contributed by atoms with Gasteiger partial charge in [-0.3, -0.25) is 0 Å². The number of anilines is 1. The fraction of sp³-hybridized carbons (Fsp3) is 0. The van der Waals surface area contributed by atoms with Gasteiger partial charge in [0.25, 0.3) is 0 Å². The van der Waals surface area contributed by atoms with E-state index in [1.807, 2.05) is 24.3 Å². The first-order chi connectivity index (χ1) is 5.27. The lowest BCUT2D eigenvalue weighted by molar-refractivity contribution is 1.81. The highest BCUT2D eigenvalue weighted by Crippen LogP contribution is 2.32. The van der Waals surface area contributed by atoms with E-state index in [9.17, 15) is 0 Å². The quantitative estimate of drug-likeness (QED) is 0.624. The number of nitrogens with two attached hydrogens (primary N) is 1. The van der Waals surface area contributed by atoms with Gasteiger partial charge in [-0.05, 0) is 17.5 Å². The van der Waals surface area contributed by atoms with Crippen LogP contribution in [0.15, 0.2) is 24.3 Å². The van der Waals surface area contributed by atoms with Gasteiger partial charge in [0.15, 0.2) is 0 Å². The van der Waals surface area contributed by atoms with Crippen molar-refractivity contribution in [1.82, 2.24) is 0 Å². The zero-order valence-corrected chi connectivity index (χ0v) is 7.25. The Morgan fingerprint density at radius 3 is 2.91 bits per heavy atom. The molecule has 0 fully saturated rings. The monoisotopic (exact) mass is 183 g/mol. The molecule has 11 heavy (non-hydrogen) atoms. The maximum Gasteiger partial charge on any atom is 0.0941 e. The van der Waals surface area contributed by atoms with Crippen LogP contribution in [0.3, 0.4) is 0 Å². The molecule has 2 N–H and O–H groups in total. The van der Waals surface area contributed by atoms with E-state index in [-0.39, 0.29) is 0 Å². The Kier molecular flexibility index (Phi) is 1.51. The Balaban J connectivity index is 2.90. The number of halogens is 1. The number of benzene rings is 1. The van der Waals surface area contributed by atoms with Gasteiger partial charge < -0.3 is 5.73 Å². The van der Waals surface area contributed by atoms with E-state index >= 15 is 0 Å². The first-order valence-corrected chi connectivity index (χ1v) is 4.40. The van der Waals surface area contributed by atoms with Crippen molar-refractivity contribution in [1.29, 1.82) is 0 Å². The van der Waals surface area contributed by atoms with Crippen molar-refractivity contribution >= 4 is 38.7 Å². The van der Waals surface area contributed by atoms with Crippen LogP contribution in [0.2, 0.25) is 4.34 Å². The molecule has 0 unspecified atom stereocenters. The number of rotatable bonds is 0. The van der Waals surface area contributed by atoms with Crippen LogP contribution in [0.4, 0.5) is 5.69 Å². The third-order valence-electron chi connectivity index (χ3n) is 1.54. The van der Waals surface area contributed by atoms with Crippen molar-refractivity contribution in [2.75, 3.05) is 5.73 Å². The van der Waals surface area contributed by atoms with Crippen molar-refractivity contribution in [2.24, 2.45) is 0 Å². The zero-order chi connectivity index (χ0) is 7.84. The molecule has 0 spiro atoms. The number of thiophene rings is 1. The molecule has 0 saturated carbocycles. The molecule has 56 valence electrons. The third-order valence-corrected chi connectivity index (χ3v) is 2.87. The molecule has 1 aromatic carbocycles. The standard InChI is InChI=1S/C8H6ClNS/c9-7-4-5-2-1-3-6(10)8(5)11-7/h1-4H,10H2. The normalized spacial score (nSPS) is 10.6. The van der Waals surface area contributed by atoms with Crippen molar-refractivity contribution in [3.05, 3.63) is 28.6 Å². The lowest BCUT2D eigenvalue weighted by Crippen LogP contribution is -1.81. The molecule has 0 saturated heterocycles. The van der Waals surface area contributed by atoms with E-state index in [0.717, 1.165) is 20.1 Å². The minimum absolute atomic E-state index is 0.790. The molecule has 0 bridgehead atoms. The summed E-state index contributed by atoms with van der Waals surface area (Å²) in [6.07, 6.45) is 0. The predicted octanol–water partition coefficient (Wildman–Crippen LogP) is 3.14. The molecule has 0 amide bonds.